The molecule has 0 bridgehead atoms. The maximum absolute atomic E-state index is 13.1. The van der Waals surface area contributed by atoms with Gasteiger partial charge in [0.1, 0.15) is 0 Å². The Hall–Kier alpha value is -2.98. The van der Waals surface area contributed by atoms with Crippen LogP contribution < -0.4 is 34.6 Å². The molecule has 3 aromatic carbocycles. The van der Waals surface area contributed by atoms with E-state index in [1.807, 2.05) is 68.6 Å². The molecule has 0 radical (unpaired) electrons. The predicted octanol–water partition coefficient (Wildman–Crippen LogP) is 0.757. The molecule has 8 heteroatoms. The second-order valence-electron chi connectivity index (χ2n) is 8.41. The molecule has 3 rings (SSSR count). The summed E-state index contributed by atoms with van der Waals surface area (Å²) in [5.41, 5.74) is 5.28. The number of aliphatic carboxylic acids is 1. The summed E-state index contributed by atoms with van der Waals surface area (Å²) in [7, 11) is 0. The van der Waals surface area contributed by atoms with Gasteiger partial charge in [-0.25, -0.2) is 0 Å². The molecule has 182 valence electrons. The summed E-state index contributed by atoms with van der Waals surface area (Å²) in [6.07, 6.45) is 2.36. The fourth-order valence-electron chi connectivity index (χ4n) is 3.74. The number of carbonyl (C=O) groups excluding carboxylic acids is 3. The summed E-state index contributed by atoms with van der Waals surface area (Å²) >= 11 is 1.50. The van der Waals surface area contributed by atoms with Crippen molar-refractivity contribution < 1.29 is 38.4 Å². The second-order valence-corrected chi connectivity index (χ2v) is 9.40. The summed E-state index contributed by atoms with van der Waals surface area (Å²) in [5, 5.41) is 17.0. The minimum Gasteiger partial charge on any atom is -0.548 e. The van der Waals surface area contributed by atoms with E-state index in [2.05, 4.69) is 10.6 Å². The number of nitrogens with one attached hydrogen (secondary N) is 2. The van der Waals surface area contributed by atoms with E-state index in [0.717, 1.165) is 22.3 Å². The molecule has 0 saturated carbocycles. The molecule has 0 aliphatic rings. The molecule has 0 unspecified atom stereocenters. The number of rotatable bonds is 10. The third kappa shape index (κ3) is 8.02. The van der Waals surface area contributed by atoms with Gasteiger partial charge in [0.25, 0.3) is 5.91 Å². The van der Waals surface area contributed by atoms with E-state index in [9.17, 15) is 19.5 Å². The van der Waals surface area contributed by atoms with Crippen molar-refractivity contribution in [2.75, 3.05) is 17.3 Å². The molecule has 0 saturated heterocycles. The van der Waals surface area contributed by atoms with Gasteiger partial charge in [-0.05, 0) is 72.7 Å². The molecule has 0 aromatic heterocycles. The van der Waals surface area contributed by atoms with Crippen molar-refractivity contribution in [1.29, 1.82) is 0 Å². The van der Waals surface area contributed by atoms with E-state index in [1.165, 1.54) is 11.8 Å². The van der Waals surface area contributed by atoms with Crippen molar-refractivity contribution >= 4 is 35.2 Å². The molecule has 36 heavy (non-hydrogen) atoms. The number of hydrogen-bond donors (Lipinski definition) is 2. The fraction of sp³-hybridized carbons (Fsp3) is 0.250. The van der Waals surface area contributed by atoms with Crippen LogP contribution in [0.5, 0.6) is 0 Å². The first-order chi connectivity index (χ1) is 16.8. The predicted molar refractivity (Wildman–Crippen MR) is 139 cm³/mol. The molecule has 6 nitrogen and oxygen atoms in total. The summed E-state index contributed by atoms with van der Waals surface area (Å²) < 4.78 is 0. The molecular weight excluding hydrogens is 467 g/mol. The third-order valence-corrected chi connectivity index (χ3v) is 6.31. The van der Waals surface area contributed by atoms with Crippen LogP contribution in [-0.2, 0) is 16.0 Å². The van der Waals surface area contributed by atoms with Gasteiger partial charge in [-0.1, -0.05) is 54.1 Å². The number of carboxylic acids is 1. The molecular formula is C28H29LiN2O4S. The minimum atomic E-state index is -1.31. The smallest absolute Gasteiger partial charge is 0.548 e. The van der Waals surface area contributed by atoms with Crippen LogP contribution in [0.3, 0.4) is 0 Å². The number of amides is 2. The zero-order valence-corrected chi connectivity index (χ0v) is 21.9. The van der Waals surface area contributed by atoms with E-state index >= 15 is 0 Å². The number of benzene rings is 3. The number of carbonyl (C=O) groups is 3. The van der Waals surface area contributed by atoms with Gasteiger partial charge in [0.05, 0.1) is 18.4 Å². The molecule has 1 atom stereocenters. The van der Waals surface area contributed by atoms with Crippen molar-refractivity contribution in [1.82, 2.24) is 5.32 Å². The van der Waals surface area contributed by atoms with Crippen molar-refractivity contribution in [3.05, 3.63) is 89.0 Å². The Balaban J connectivity index is 0.00000456. The summed E-state index contributed by atoms with van der Waals surface area (Å²) in [6, 6.07) is 19.3. The summed E-state index contributed by atoms with van der Waals surface area (Å²) in [6.45, 7) is 3.93. The van der Waals surface area contributed by atoms with E-state index < -0.39 is 17.9 Å². The molecule has 3 aromatic rings. The van der Waals surface area contributed by atoms with E-state index in [-0.39, 0.29) is 37.6 Å². The van der Waals surface area contributed by atoms with Gasteiger partial charge in [-0.2, -0.15) is 11.8 Å². The summed E-state index contributed by atoms with van der Waals surface area (Å²) in [5.74, 6) is -1.41. The number of thioether (sulfide) groups is 1. The first-order valence-electron chi connectivity index (χ1n) is 11.3. The quantitative estimate of drug-likeness (QED) is 0.404. The van der Waals surface area contributed by atoms with Gasteiger partial charge in [-0.3, -0.25) is 9.59 Å². The fourth-order valence-corrected chi connectivity index (χ4v) is 4.21. The van der Waals surface area contributed by atoms with Gasteiger partial charge in [0.15, 0.2) is 0 Å². The molecule has 0 fully saturated rings. The maximum Gasteiger partial charge on any atom is 1.00 e. The Kier molecular flexibility index (Phi) is 11.3. The number of aryl methyl sites for hydroxylation is 2. The van der Waals surface area contributed by atoms with Crippen LogP contribution in [0.2, 0.25) is 0 Å². The molecule has 0 aliphatic carbocycles. The Morgan fingerprint density at radius 2 is 1.64 bits per heavy atom. The van der Waals surface area contributed by atoms with Gasteiger partial charge in [0.2, 0.25) is 5.91 Å². The third-order valence-electron chi connectivity index (χ3n) is 5.67. The first kappa shape index (κ1) is 29.2. The van der Waals surface area contributed by atoms with Crippen LogP contribution in [0.4, 0.5) is 5.69 Å². The van der Waals surface area contributed by atoms with E-state index in [1.54, 1.807) is 18.2 Å². The van der Waals surface area contributed by atoms with Gasteiger partial charge >= 0.3 is 18.9 Å². The van der Waals surface area contributed by atoms with Gasteiger partial charge in [0, 0.05) is 11.3 Å². The van der Waals surface area contributed by atoms with Crippen LogP contribution in [0.15, 0.2) is 66.7 Å². The maximum atomic E-state index is 13.1. The Labute approximate surface area is 228 Å². The molecule has 0 aliphatic heterocycles. The molecule has 0 heterocycles. The Morgan fingerprint density at radius 1 is 0.944 bits per heavy atom. The Bertz CT molecular complexity index is 1210. The minimum absolute atomic E-state index is 0. The van der Waals surface area contributed by atoms with Crippen molar-refractivity contribution in [3.8, 4) is 11.1 Å². The van der Waals surface area contributed by atoms with Crippen LogP contribution >= 0.6 is 11.8 Å². The van der Waals surface area contributed by atoms with Crippen LogP contribution in [0, 0.1) is 13.8 Å². The summed E-state index contributed by atoms with van der Waals surface area (Å²) in [4.78, 5) is 37.3. The molecule has 0 spiro atoms. The number of hydrogen-bond acceptors (Lipinski definition) is 5. The van der Waals surface area contributed by atoms with Gasteiger partial charge < -0.3 is 20.5 Å². The van der Waals surface area contributed by atoms with Crippen molar-refractivity contribution in [2.45, 2.75) is 32.7 Å². The zero-order valence-electron chi connectivity index (χ0n) is 21.1. The first-order valence-corrected chi connectivity index (χ1v) is 12.7. The van der Waals surface area contributed by atoms with Crippen molar-refractivity contribution in [2.24, 2.45) is 0 Å². The van der Waals surface area contributed by atoms with Crippen molar-refractivity contribution in [3.63, 3.8) is 0 Å². The average Bonchev–Trinajstić information content (AvgIpc) is 2.83. The topological polar surface area (TPSA) is 98.3 Å². The largest absolute Gasteiger partial charge is 1.00 e. The van der Waals surface area contributed by atoms with E-state index in [0.29, 0.717) is 22.6 Å². The van der Waals surface area contributed by atoms with Crippen LogP contribution in [0.1, 0.15) is 33.5 Å². The Morgan fingerprint density at radius 3 is 2.28 bits per heavy atom. The number of anilines is 1. The molecule has 2 amide bonds. The van der Waals surface area contributed by atoms with Crippen LogP contribution in [0.25, 0.3) is 11.1 Å². The number of carboxylic acid groups (broad SMARTS) is 1. The monoisotopic (exact) mass is 496 g/mol. The molecule has 2 N–H and O–H groups in total. The SMILES string of the molecule is CSCC[C@H](NC(=O)c1ccc(NC(=O)Cc2ccc(C)cc2)cc1-c1ccccc1C)C(=O)[O-].[Li+]. The van der Waals surface area contributed by atoms with Gasteiger partial charge in [-0.15, -0.1) is 0 Å². The second kappa shape index (κ2) is 13.9. The average molecular weight is 497 g/mol. The zero-order chi connectivity index (χ0) is 25.4. The standard InChI is InChI=1S/C28H30N2O4S.Li/c1-18-8-10-20(11-9-18)16-26(31)29-21-12-13-23(24(17-21)22-7-5-4-6-19(22)2)27(32)30-25(28(33)34)14-15-35-3;/h4-13,17,25H,14-16H2,1-3H3,(H,29,31)(H,30,32)(H,33,34);/q;+1/p-1/t25-;/m0./s1. The van der Waals surface area contributed by atoms with Crippen LogP contribution in [-0.4, -0.2) is 35.8 Å². The van der Waals surface area contributed by atoms with E-state index in [4.69, 9.17) is 0 Å². The normalized spacial score (nSPS) is 11.2.